The average molecular weight is 426 g/mol. The maximum atomic E-state index is 13.0. The topological polar surface area (TPSA) is 64.4 Å². The number of hydrogen-bond acceptors (Lipinski definition) is 4. The summed E-state index contributed by atoms with van der Waals surface area (Å²) >= 11 is 0. The second kappa shape index (κ2) is 8.71. The highest BCUT2D eigenvalue weighted by Crippen LogP contribution is 2.26. The first kappa shape index (κ1) is 20.8. The van der Waals surface area contributed by atoms with Crippen LogP contribution in [0.2, 0.25) is 0 Å². The third-order valence-corrected chi connectivity index (χ3v) is 7.30. The molecule has 7 heteroatoms. The van der Waals surface area contributed by atoms with Crippen LogP contribution in [0.5, 0.6) is 0 Å². The standard InChI is InChI=1S/C23H27N3O3S/c1-18-8-10-20(11-9-18)17-30(27,28)26-13-12-23-21(14-26)22(24-25(23)2)16-29-15-19-6-4-3-5-7-19/h3-11H,12-17H2,1-2H3. The molecule has 0 saturated heterocycles. The summed E-state index contributed by atoms with van der Waals surface area (Å²) in [5.74, 6) is 0.0166. The van der Waals surface area contributed by atoms with E-state index in [2.05, 4.69) is 5.10 Å². The van der Waals surface area contributed by atoms with Gasteiger partial charge in [0.15, 0.2) is 0 Å². The van der Waals surface area contributed by atoms with Crippen LogP contribution in [-0.4, -0.2) is 29.0 Å². The molecule has 0 unspecified atom stereocenters. The van der Waals surface area contributed by atoms with Crippen molar-refractivity contribution in [3.63, 3.8) is 0 Å². The van der Waals surface area contributed by atoms with Gasteiger partial charge in [0.25, 0.3) is 0 Å². The van der Waals surface area contributed by atoms with Gasteiger partial charge in [0.05, 0.1) is 24.7 Å². The quantitative estimate of drug-likeness (QED) is 0.582. The molecule has 30 heavy (non-hydrogen) atoms. The third-order valence-electron chi connectivity index (χ3n) is 5.50. The fraction of sp³-hybridized carbons (Fsp3) is 0.348. The molecular weight excluding hydrogens is 398 g/mol. The Morgan fingerprint density at radius 3 is 2.47 bits per heavy atom. The summed E-state index contributed by atoms with van der Waals surface area (Å²) in [4.78, 5) is 0. The normalized spacial score (nSPS) is 14.6. The van der Waals surface area contributed by atoms with Gasteiger partial charge in [-0.1, -0.05) is 60.2 Å². The molecule has 1 aromatic heterocycles. The lowest BCUT2D eigenvalue weighted by molar-refractivity contribution is 0.103. The van der Waals surface area contributed by atoms with E-state index in [0.717, 1.165) is 33.6 Å². The molecule has 3 aromatic rings. The van der Waals surface area contributed by atoms with E-state index in [1.807, 2.05) is 73.3 Å². The minimum Gasteiger partial charge on any atom is -0.370 e. The molecule has 158 valence electrons. The van der Waals surface area contributed by atoms with Crippen LogP contribution in [0.25, 0.3) is 0 Å². The lowest BCUT2D eigenvalue weighted by Crippen LogP contribution is -2.37. The van der Waals surface area contributed by atoms with Crippen molar-refractivity contribution in [3.05, 3.63) is 88.2 Å². The Bertz CT molecular complexity index is 1110. The summed E-state index contributed by atoms with van der Waals surface area (Å²) in [6.07, 6.45) is 0.657. The van der Waals surface area contributed by atoms with Crippen molar-refractivity contribution in [2.45, 2.75) is 38.9 Å². The van der Waals surface area contributed by atoms with E-state index < -0.39 is 10.0 Å². The van der Waals surface area contributed by atoms with Gasteiger partial charge >= 0.3 is 0 Å². The van der Waals surface area contributed by atoms with Gasteiger partial charge in [-0.15, -0.1) is 0 Å². The van der Waals surface area contributed by atoms with E-state index >= 15 is 0 Å². The number of aryl methyl sites for hydroxylation is 2. The molecular formula is C23H27N3O3S. The van der Waals surface area contributed by atoms with Crippen LogP contribution in [0.3, 0.4) is 0 Å². The predicted octanol–water partition coefficient (Wildman–Crippen LogP) is 3.33. The minimum absolute atomic E-state index is 0.0166. The largest absolute Gasteiger partial charge is 0.370 e. The Hall–Kier alpha value is -2.48. The van der Waals surface area contributed by atoms with E-state index in [1.165, 1.54) is 0 Å². The van der Waals surface area contributed by atoms with Gasteiger partial charge < -0.3 is 4.74 Å². The number of sulfonamides is 1. The Kier molecular flexibility index (Phi) is 6.04. The van der Waals surface area contributed by atoms with Crippen molar-refractivity contribution in [1.82, 2.24) is 14.1 Å². The van der Waals surface area contributed by atoms with Crippen LogP contribution < -0.4 is 0 Å². The monoisotopic (exact) mass is 425 g/mol. The Morgan fingerprint density at radius 1 is 1.00 bits per heavy atom. The Morgan fingerprint density at radius 2 is 1.73 bits per heavy atom. The summed E-state index contributed by atoms with van der Waals surface area (Å²) in [5.41, 5.74) is 5.92. The highest BCUT2D eigenvalue weighted by molar-refractivity contribution is 7.88. The first-order valence-electron chi connectivity index (χ1n) is 10.1. The van der Waals surface area contributed by atoms with Crippen molar-refractivity contribution in [1.29, 1.82) is 0 Å². The van der Waals surface area contributed by atoms with Crippen molar-refractivity contribution < 1.29 is 13.2 Å². The molecule has 1 aliphatic heterocycles. The summed E-state index contributed by atoms with van der Waals surface area (Å²) in [7, 11) is -1.49. The van der Waals surface area contributed by atoms with Crippen LogP contribution in [0, 0.1) is 6.92 Å². The molecule has 0 bridgehead atoms. The third kappa shape index (κ3) is 4.64. The van der Waals surface area contributed by atoms with E-state index in [-0.39, 0.29) is 5.75 Å². The molecule has 4 rings (SSSR count). The second-order valence-electron chi connectivity index (χ2n) is 7.80. The van der Waals surface area contributed by atoms with Gasteiger partial charge in [-0.05, 0) is 18.1 Å². The van der Waals surface area contributed by atoms with E-state index in [4.69, 9.17) is 4.74 Å². The van der Waals surface area contributed by atoms with Crippen LogP contribution in [-0.2, 0) is 53.7 Å². The van der Waals surface area contributed by atoms with Gasteiger partial charge in [-0.3, -0.25) is 4.68 Å². The first-order valence-corrected chi connectivity index (χ1v) is 11.7. The van der Waals surface area contributed by atoms with Crippen molar-refractivity contribution >= 4 is 10.0 Å². The average Bonchev–Trinajstić information content (AvgIpc) is 3.05. The molecule has 0 fully saturated rings. The van der Waals surface area contributed by atoms with Crippen LogP contribution in [0.1, 0.15) is 33.6 Å². The molecule has 0 saturated carbocycles. The maximum Gasteiger partial charge on any atom is 0.218 e. The lowest BCUT2D eigenvalue weighted by atomic mass is 10.1. The molecule has 0 N–H and O–H groups in total. The van der Waals surface area contributed by atoms with Gasteiger partial charge in [-0.25, -0.2) is 8.42 Å². The Balaban J connectivity index is 1.46. The molecule has 2 heterocycles. The van der Waals surface area contributed by atoms with Gasteiger partial charge in [0.2, 0.25) is 10.0 Å². The fourth-order valence-electron chi connectivity index (χ4n) is 3.82. The van der Waals surface area contributed by atoms with Crippen molar-refractivity contribution in [2.24, 2.45) is 7.05 Å². The summed E-state index contributed by atoms with van der Waals surface area (Å²) < 4.78 is 35.4. The molecule has 0 amide bonds. The van der Waals surface area contributed by atoms with Crippen LogP contribution >= 0.6 is 0 Å². The summed E-state index contributed by atoms with van der Waals surface area (Å²) in [6.45, 7) is 3.69. The molecule has 2 aromatic carbocycles. The zero-order valence-corrected chi connectivity index (χ0v) is 18.2. The van der Waals surface area contributed by atoms with Crippen molar-refractivity contribution in [2.75, 3.05) is 6.54 Å². The highest BCUT2D eigenvalue weighted by atomic mass is 32.2. The van der Waals surface area contributed by atoms with E-state index in [9.17, 15) is 8.42 Å². The van der Waals surface area contributed by atoms with Crippen molar-refractivity contribution in [3.8, 4) is 0 Å². The van der Waals surface area contributed by atoms with Crippen LogP contribution in [0.15, 0.2) is 54.6 Å². The van der Waals surface area contributed by atoms with E-state index in [1.54, 1.807) is 4.31 Å². The zero-order valence-electron chi connectivity index (χ0n) is 17.4. The number of hydrogen-bond donors (Lipinski definition) is 0. The van der Waals surface area contributed by atoms with E-state index in [0.29, 0.717) is 32.7 Å². The number of fused-ring (bicyclic) bond motifs is 1. The predicted molar refractivity (Wildman–Crippen MR) is 116 cm³/mol. The molecule has 0 radical (unpaired) electrons. The lowest BCUT2D eigenvalue weighted by Gasteiger charge is -2.27. The number of benzene rings is 2. The SMILES string of the molecule is Cc1ccc(CS(=O)(=O)N2CCc3c(c(COCc4ccccc4)nn3C)C2)cc1. The fourth-order valence-corrected chi connectivity index (χ4v) is 5.32. The molecule has 0 spiro atoms. The first-order chi connectivity index (χ1) is 14.4. The zero-order chi connectivity index (χ0) is 21.1. The van der Waals surface area contributed by atoms with Gasteiger partial charge in [-0.2, -0.15) is 9.40 Å². The number of ether oxygens (including phenoxy) is 1. The molecule has 1 aliphatic rings. The molecule has 6 nitrogen and oxygen atoms in total. The minimum atomic E-state index is -3.41. The van der Waals surface area contributed by atoms with Gasteiger partial charge in [0, 0.05) is 37.8 Å². The van der Waals surface area contributed by atoms with Crippen LogP contribution in [0.4, 0.5) is 0 Å². The number of rotatable bonds is 7. The number of nitrogens with zero attached hydrogens (tertiary/aromatic N) is 3. The Labute approximate surface area is 178 Å². The number of aromatic nitrogens is 2. The molecule has 0 aliphatic carbocycles. The molecule has 0 atom stereocenters. The summed E-state index contributed by atoms with van der Waals surface area (Å²) in [5, 5.41) is 4.60. The van der Waals surface area contributed by atoms with Gasteiger partial charge in [0.1, 0.15) is 0 Å². The summed E-state index contributed by atoms with van der Waals surface area (Å²) in [6, 6.07) is 17.6. The maximum absolute atomic E-state index is 13.0. The smallest absolute Gasteiger partial charge is 0.218 e. The second-order valence-corrected chi connectivity index (χ2v) is 9.77. The highest BCUT2D eigenvalue weighted by Gasteiger charge is 2.30.